The number of benzene rings is 3. The molecule has 0 bridgehead atoms. The summed E-state index contributed by atoms with van der Waals surface area (Å²) in [5.41, 5.74) is 8.07. The van der Waals surface area contributed by atoms with Gasteiger partial charge in [0.1, 0.15) is 0 Å². The Hall–Kier alpha value is -4.50. The second kappa shape index (κ2) is 10.9. The molecule has 9 nitrogen and oxygen atoms in total. The molecule has 1 saturated heterocycles. The molecule has 0 atom stereocenters. The van der Waals surface area contributed by atoms with Crippen LogP contribution < -0.4 is 20.5 Å². The van der Waals surface area contributed by atoms with E-state index in [0.717, 1.165) is 37.3 Å². The van der Waals surface area contributed by atoms with Gasteiger partial charge in [0, 0.05) is 37.6 Å². The number of amides is 3. The summed E-state index contributed by atoms with van der Waals surface area (Å²) in [5.74, 6) is -1.12. The molecule has 0 unspecified atom stereocenters. The quantitative estimate of drug-likeness (QED) is 0.299. The normalized spacial score (nSPS) is 15.7. The standard InChI is InChI=1S/C29H30N6O3/c1-20-3-7-22(8-4-20)18-30-32-29(38)31-23-9-12-26-25(17-23)27(36)28(37)35(26)19-33-13-15-34(16-14-33)24-10-5-21(2)6-11-24/h3-12,17-18H,13-16,19H2,1-2H3,(H2,31,32,38)/b30-18+. The highest BCUT2D eigenvalue weighted by Gasteiger charge is 2.37. The van der Waals surface area contributed by atoms with Crippen molar-refractivity contribution < 1.29 is 14.4 Å². The van der Waals surface area contributed by atoms with Crippen LogP contribution in [0.4, 0.5) is 21.9 Å². The molecule has 2 aliphatic heterocycles. The number of carbonyl (C=O) groups excluding carboxylic acids is 3. The van der Waals surface area contributed by atoms with Gasteiger partial charge >= 0.3 is 11.9 Å². The molecule has 0 aliphatic carbocycles. The predicted octanol–water partition coefficient (Wildman–Crippen LogP) is 3.77. The van der Waals surface area contributed by atoms with E-state index in [4.69, 9.17) is 0 Å². The molecule has 2 heterocycles. The topological polar surface area (TPSA) is 97.3 Å². The number of urea groups is 1. The minimum absolute atomic E-state index is 0.286. The van der Waals surface area contributed by atoms with Crippen LogP contribution in [-0.4, -0.2) is 61.7 Å². The molecule has 1 fully saturated rings. The van der Waals surface area contributed by atoms with Gasteiger partial charge in [-0.1, -0.05) is 47.5 Å². The number of nitrogens with zero attached hydrogens (tertiary/aromatic N) is 4. The van der Waals surface area contributed by atoms with Crippen molar-refractivity contribution in [2.24, 2.45) is 5.10 Å². The van der Waals surface area contributed by atoms with E-state index >= 15 is 0 Å². The molecule has 2 aliphatic rings. The van der Waals surface area contributed by atoms with E-state index < -0.39 is 17.7 Å². The van der Waals surface area contributed by atoms with Crippen LogP contribution in [0.25, 0.3) is 0 Å². The largest absolute Gasteiger partial charge is 0.369 e. The lowest BCUT2D eigenvalue weighted by atomic mass is 10.1. The lowest BCUT2D eigenvalue weighted by Gasteiger charge is -2.37. The summed E-state index contributed by atoms with van der Waals surface area (Å²) in [6, 6.07) is 20.6. The van der Waals surface area contributed by atoms with Crippen molar-refractivity contribution in [2.75, 3.05) is 48.0 Å². The van der Waals surface area contributed by atoms with E-state index in [0.29, 0.717) is 18.0 Å². The van der Waals surface area contributed by atoms with Crippen LogP contribution >= 0.6 is 0 Å². The first-order valence-electron chi connectivity index (χ1n) is 12.6. The van der Waals surface area contributed by atoms with E-state index in [2.05, 4.69) is 56.8 Å². The molecule has 0 aromatic heterocycles. The lowest BCUT2D eigenvalue weighted by Crippen LogP contribution is -2.51. The highest BCUT2D eigenvalue weighted by Crippen LogP contribution is 2.31. The number of nitrogens with one attached hydrogen (secondary N) is 2. The van der Waals surface area contributed by atoms with Gasteiger partial charge in [-0.3, -0.25) is 19.4 Å². The van der Waals surface area contributed by atoms with E-state index in [9.17, 15) is 14.4 Å². The van der Waals surface area contributed by atoms with Gasteiger partial charge in [-0.25, -0.2) is 10.2 Å². The van der Waals surface area contributed by atoms with Crippen molar-refractivity contribution in [2.45, 2.75) is 13.8 Å². The summed E-state index contributed by atoms with van der Waals surface area (Å²) >= 11 is 0. The Balaban J connectivity index is 1.18. The minimum atomic E-state index is -0.570. The smallest absolute Gasteiger partial charge is 0.339 e. The first-order valence-corrected chi connectivity index (χ1v) is 12.6. The SMILES string of the molecule is Cc1ccc(/C=N/NC(=O)Nc2ccc3c(c2)C(=O)C(=O)N3CN2CCN(c3ccc(C)cc3)CC2)cc1. The Bertz CT molecular complexity index is 1380. The zero-order valence-corrected chi connectivity index (χ0v) is 21.5. The lowest BCUT2D eigenvalue weighted by molar-refractivity contribution is -0.114. The minimum Gasteiger partial charge on any atom is -0.369 e. The summed E-state index contributed by atoms with van der Waals surface area (Å²) in [6.45, 7) is 7.67. The molecular weight excluding hydrogens is 480 g/mol. The summed E-state index contributed by atoms with van der Waals surface area (Å²) in [4.78, 5) is 43.8. The number of piperazine rings is 1. The molecule has 38 heavy (non-hydrogen) atoms. The van der Waals surface area contributed by atoms with Crippen LogP contribution in [-0.2, 0) is 4.79 Å². The van der Waals surface area contributed by atoms with Gasteiger partial charge in [-0.2, -0.15) is 5.10 Å². The fourth-order valence-electron chi connectivity index (χ4n) is 4.60. The van der Waals surface area contributed by atoms with Crippen molar-refractivity contribution in [1.82, 2.24) is 10.3 Å². The van der Waals surface area contributed by atoms with Crippen LogP contribution in [0.1, 0.15) is 27.0 Å². The molecule has 0 radical (unpaired) electrons. The highest BCUT2D eigenvalue weighted by atomic mass is 16.2. The number of fused-ring (bicyclic) bond motifs is 1. The Morgan fingerprint density at radius 2 is 1.55 bits per heavy atom. The second-order valence-corrected chi connectivity index (χ2v) is 9.61. The van der Waals surface area contributed by atoms with Gasteiger partial charge in [-0.15, -0.1) is 0 Å². The summed E-state index contributed by atoms with van der Waals surface area (Å²) in [7, 11) is 0. The van der Waals surface area contributed by atoms with Crippen LogP contribution in [0, 0.1) is 13.8 Å². The Morgan fingerprint density at radius 1 is 0.895 bits per heavy atom. The maximum absolute atomic E-state index is 12.8. The monoisotopic (exact) mass is 510 g/mol. The number of hydrogen-bond acceptors (Lipinski definition) is 6. The molecule has 194 valence electrons. The third-order valence-electron chi connectivity index (χ3n) is 6.80. The van der Waals surface area contributed by atoms with Gasteiger partial charge in [0.25, 0.3) is 5.78 Å². The molecule has 0 spiro atoms. The maximum atomic E-state index is 12.8. The van der Waals surface area contributed by atoms with E-state index in [-0.39, 0.29) is 5.56 Å². The number of aryl methyl sites for hydroxylation is 2. The third-order valence-corrected chi connectivity index (χ3v) is 6.80. The van der Waals surface area contributed by atoms with Crippen LogP contribution in [0.5, 0.6) is 0 Å². The summed E-state index contributed by atoms with van der Waals surface area (Å²) in [6.07, 6.45) is 1.54. The molecular formula is C29H30N6O3. The highest BCUT2D eigenvalue weighted by molar-refractivity contribution is 6.52. The molecule has 5 rings (SSSR count). The van der Waals surface area contributed by atoms with Crippen molar-refractivity contribution in [3.63, 3.8) is 0 Å². The second-order valence-electron chi connectivity index (χ2n) is 9.61. The van der Waals surface area contributed by atoms with Crippen molar-refractivity contribution in [3.8, 4) is 0 Å². The molecule has 3 aromatic rings. The fourth-order valence-corrected chi connectivity index (χ4v) is 4.60. The predicted molar refractivity (Wildman–Crippen MR) is 149 cm³/mol. The van der Waals surface area contributed by atoms with Gasteiger partial charge < -0.3 is 10.2 Å². The number of anilines is 3. The van der Waals surface area contributed by atoms with Gasteiger partial charge in [-0.05, 0) is 49.7 Å². The van der Waals surface area contributed by atoms with Crippen molar-refractivity contribution in [1.29, 1.82) is 0 Å². The molecule has 2 N–H and O–H groups in total. The summed E-state index contributed by atoms with van der Waals surface area (Å²) in [5, 5.41) is 6.61. The average Bonchev–Trinajstić information content (AvgIpc) is 3.15. The Labute approximate surface area is 221 Å². The van der Waals surface area contributed by atoms with Gasteiger partial charge in [0.15, 0.2) is 0 Å². The van der Waals surface area contributed by atoms with E-state index in [1.807, 2.05) is 31.2 Å². The van der Waals surface area contributed by atoms with Crippen molar-refractivity contribution >= 4 is 41.0 Å². The number of Topliss-reactive ketones (excluding diaryl/α,β-unsaturated/α-hetero) is 1. The van der Waals surface area contributed by atoms with Gasteiger partial charge in [0.2, 0.25) is 0 Å². The Kier molecular flexibility index (Phi) is 7.19. The Morgan fingerprint density at radius 3 is 2.24 bits per heavy atom. The zero-order chi connectivity index (χ0) is 26.6. The summed E-state index contributed by atoms with van der Waals surface area (Å²) < 4.78 is 0. The number of hydrazone groups is 1. The first-order chi connectivity index (χ1) is 18.4. The first kappa shape index (κ1) is 25.2. The average molecular weight is 511 g/mol. The number of hydrogen-bond donors (Lipinski definition) is 2. The molecule has 3 aromatic carbocycles. The molecule has 3 amide bonds. The van der Waals surface area contributed by atoms with Crippen LogP contribution in [0.3, 0.4) is 0 Å². The van der Waals surface area contributed by atoms with Gasteiger partial charge in [0.05, 0.1) is 24.1 Å². The van der Waals surface area contributed by atoms with E-state index in [1.54, 1.807) is 18.3 Å². The third kappa shape index (κ3) is 5.57. The van der Waals surface area contributed by atoms with Crippen LogP contribution in [0.2, 0.25) is 0 Å². The van der Waals surface area contributed by atoms with E-state index in [1.165, 1.54) is 22.2 Å². The van der Waals surface area contributed by atoms with Crippen LogP contribution in [0.15, 0.2) is 71.8 Å². The molecule has 0 saturated carbocycles. The van der Waals surface area contributed by atoms with Crippen molar-refractivity contribution in [3.05, 3.63) is 89.0 Å². The number of ketones is 1. The fraction of sp³-hybridized carbons (Fsp3) is 0.241. The maximum Gasteiger partial charge on any atom is 0.339 e. The zero-order valence-electron chi connectivity index (χ0n) is 21.5. The number of rotatable bonds is 6. The number of carbonyl (C=O) groups is 3. The molecule has 9 heteroatoms.